The van der Waals surface area contributed by atoms with E-state index in [2.05, 4.69) is 5.32 Å². The van der Waals surface area contributed by atoms with Crippen LogP contribution < -0.4 is 10.2 Å². The number of quaternary nitrogens is 1. The number of likely N-dealkylation sites (tertiary alicyclic amines) is 1. The molecule has 1 aromatic rings. The Bertz CT molecular complexity index is 676. The van der Waals surface area contributed by atoms with Crippen LogP contribution in [-0.2, 0) is 19.1 Å². The molecule has 0 bridgehead atoms. The smallest absolute Gasteiger partial charge is 0.309 e. The average Bonchev–Trinajstić information content (AvgIpc) is 2.64. The average molecular weight is 376 g/mol. The molecule has 0 atom stereocenters. The molecule has 1 saturated heterocycles. The summed E-state index contributed by atoms with van der Waals surface area (Å²) in [6, 6.07) is 5.83. The molecule has 0 aliphatic carbocycles. The molecule has 1 aliphatic rings. The molecule has 1 fully saturated rings. The number of nitrogens with one attached hydrogen (secondary N) is 2. The van der Waals surface area contributed by atoms with Crippen LogP contribution in [0.25, 0.3) is 0 Å². The first-order valence-corrected chi connectivity index (χ1v) is 9.33. The van der Waals surface area contributed by atoms with E-state index < -0.39 is 0 Å². The van der Waals surface area contributed by atoms with E-state index in [1.54, 1.807) is 7.05 Å². The third kappa shape index (κ3) is 5.79. The number of ether oxygens (including phenoxy) is 1. The van der Waals surface area contributed by atoms with Gasteiger partial charge in [0.2, 0.25) is 5.91 Å². The van der Waals surface area contributed by atoms with Crippen molar-refractivity contribution in [1.82, 2.24) is 4.90 Å². The van der Waals surface area contributed by atoms with Crippen LogP contribution >= 0.6 is 0 Å². The van der Waals surface area contributed by atoms with Gasteiger partial charge in [0.05, 0.1) is 32.7 Å². The number of rotatable bonds is 6. The van der Waals surface area contributed by atoms with Crippen molar-refractivity contribution < 1.29 is 24.0 Å². The van der Waals surface area contributed by atoms with Crippen molar-refractivity contribution in [3.63, 3.8) is 0 Å². The Kier molecular flexibility index (Phi) is 7.36. The molecule has 7 nitrogen and oxygen atoms in total. The van der Waals surface area contributed by atoms with Crippen molar-refractivity contribution in [2.75, 3.05) is 45.7 Å². The summed E-state index contributed by atoms with van der Waals surface area (Å²) in [5.41, 5.74) is 2.80. The van der Waals surface area contributed by atoms with Crippen LogP contribution in [-0.4, -0.2) is 63.0 Å². The molecule has 2 amide bonds. The number of aryl methyl sites for hydroxylation is 2. The predicted octanol–water partition coefficient (Wildman–Crippen LogP) is 0.168. The number of para-hydroxylation sites is 1. The fraction of sp³-hybridized carbons (Fsp3) is 0.550. The van der Waals surface area contributed by atoms with E-state index in [1.807, 2.05) is 32.0 Å². The topological polar surface area (TPSA) is 80.2 Å². The first kappa shape index (κ1) is 20.9. The molecule has 0 aromatic heterocycles. The number of esters is 1. The summed E-state index contributed by atoms with van der Waals surface area (Å²) in [5.74, 6) is -0.504. The molecule has 148 valence electrons. The summed E-state index contributed by atoms with van der Waals surface area (Å²) in [6.45, 7) is 5.76. The number of piperidine rings is 1. The summed E-state index contributed by atoms with van der Waals surface area (Å²) < 4.78 is 4.79. The lowest BCUT2D eigenvalue weighted by atomic mass is 9.97. The zero-order chi connectivity index (χ0) is 20.0. The van der Waals surface area contributed by atoms with E-state index in [9.17, 15) is 14.4 Å². The van der Waals surface area contributed by atoms with Crippen LogP contribution in [0.3, 0.4) is 0 Å². The second-order valence-corrected chi connectivity index (χ2v) is 7.29. The van der Waals surface area contributed by atoms with E-state index in [0.29, 0.717) is 6.54 Å². The number of likely N-dealkylation sites (N-methyl/N-ethyl adjacent to an activating group) is 1. The van der Waals surface area contributed by atoms with Crippen molar-refractivity contribution in [3.05, 3.63) is 29.3 Å². The molecule has 0 radical (unpaired) electrons. The van der Waals surface area contributed by atoms with Gasteiger partial charge in [-0.2, -0.15) is 0 Å². The zero-order valence-electron chi connectivity index (χ0n) is 16.6. The molecule has 1 aliphatic heterocycles. The first-order valence-electron chi connectivity index (χ1n) is 9.33. The molecule has 2 N–H and O–H groups in total. The molecule has 27 heavy (non-hydrogen) atoms. The van der Waals surface area contributed by atoms with E-state index in [1.165, 1.54) is 12.0 Å². The number of methoxy groups -OCH3 is 1. The standard InChI is InChI=1S/C20H29N3O4/c1-14-6-5-7-15(2)19(14)21-17(24)12-22(3)18(25)13-23-10-8-16(9-11-23)20(26)27-4/h5-7,16H,8-13H2,1-4H3,(H,21,24)/p+1. The van der Waals surface area contributed by atoms with Gasteiger partial charge >= 0.3 is 5.97 Å². The fourth-order valence-corrected chi connectivity index (χ4v) is 3.45. The quantitative estimate of drug-likeness (QED) is 0.694. The monoisotopic (exact) mass is 376 g/mol. The van der Waals surface area contributed by atoms with Crippen molar-refractivity contribution in [2.45, 2.75) is 26.7 Å². The minimum Gasteiger partial charge on any atom is -0.469 e. The van der Waals surface area contributed by atoms with Gasteiger partial charge in [-0.05, 0) is 25.0 Å². The van der Waals surface area contributed by atoms with Gasteiger partial charge in [0, 0.05) is 25.6 Å². The van der Waals surface area contributed by atoms with E-state index in [4.69, 9.17) is 4.74 Å². The lowest BCUT2D eigenvalue weighted by molar-refractivity contribution is -0.898. The van der Waals surface area contributed by atoms with Gasteiger partial charge in [0.1, 0.15) is 0 Å². The summed E-state index contributed by atoms with van der Waals surface area (Å²) in [6.07, 6.45) is 1.46. The van der Waals surface area contributed by atoms with Crippen LogP contribution in [0.4, 0.5) is 5.69 Å². The van der Waals surface area contributed by atoms with Gasteiger partial charge in [0.15, 0.2) is 6.54 Å². The molecular formula is C20H30N3O4+. The second kappa shape index (κ2) is 9.50. The molecule has 0 unspecified atom stereocenters. The maximum Gasteiger partial charge on any atom is 0.309 e. The highest BCUT2D eigenvalue weighted by molar-refractivity contribution is 5.95. The van der Waals surface area contributed by atoms with Gasteiger partial charge in [-0.15, -0.1) is 0 Å². The van der Waals surface area contributed by atoms with Gasteiger partial charge in [-0.25, -0.2) is 0 Å². The molecule has 7 heteroatoms. The van der Waals surface area contributed by atoms with Crippen LogP contribution in [0.2, 0.25) is 0 Å². The van der Waals surface area contributed by atoms with Crippen LogP contribution in [0.15, 0.2) is 18.2 Å². The zero-order valence-corrected chi connectivity index (χ0v) is 16.6. The van der Waals surface area contributed by atoms with Crippen LogP contribution in [0, 0.1) is 19.8 Å². The number of anilines is 1. The normalized spacial score (nSPS) is 19.3. The third-order valence-corrected chi connectivity index (χ3v) is 5.18. The van der Waals surface area contributed by atoms with Crippen LogP contribution in [0.1, 0.15) is 24.0 Å². The SMILES string of the molecule is COC(=O)C1CC[NH+](CC(=O)N(C)CC(=O)Nc2c(C)cccc2C)CC1. The Labute approximate surface area is 160 Å². The van der Waals surface area contributed by atoms with Gasteiger partial charge < -0.3 is 19.9 Å². The number of nitrogens with zero attached hydrogens (tertiary/aromatic N) is 1. The third-order valence-electron chi connectivity index (χ3n) is 5.18. The Morgan fingerprint density at radius 2 is 1.78 bits per heavy atom. The van der Waals surface area contributed by atoms with Gasteiger partial charge in [0.25, 0.3) is 5.91 Å². The number of hydrogen-bond acceptors (Lipinski definition) is 4. The van der Waals surface area contributed by atoms with Gasteiger partial charge in [-0.1, -0.05) is 18.2 Å². The fourth-order valence-electron chi connectivity index (χ4n) is 3.45. The summed E-state index contributed by atoms with van der Waals surface area (Å²) >= 11 is 0. The second-order valence-electron chi connectivity index (χ2n) is 7.29. The lowest BCUT2D eigenvalue weighted by Gasteiger charge is -2.28. The first-order chi connectivity index (χ1) is 12.8. The maximum absolute atomic E-state index is 12.4. The Morgan fingerprint density at radius 1 is 1.19 bits per heavy atom. The highest BCUT2D eigenvalue weighted by Gasteiger charge is 2.29. The summed E-state index contributed by atoms with van der Waals surface area (Å²) in [5, 5.41) is 2.90. The Morgan fingerprint density at radius 3 is 2.33 bits per heavy atom. The maximum atomic E-state index is 12.4. The molecule has 1 heterocycles. The minimum absolute atomic E-state index is 0.0185. The van der Waals surface area contributed by atoms with Crippen molar-refractivity contribution in [2.24, 2.45) is 5.92 Å². The van der Waals surface area contributed by atoms with Crippen molar-refractivity contribution in [1.29, 1.82) is 0 Å². The number of amides is 2. The lowest BCUT2D eigenvalue weighted by Crippen LogP contribution is -3.14. The van der Waals surface area contributed by atoms with E-state index >= 15 is 0 Å². The van der Waals surface area contributed by atoms with Crippen molar-refractivity contribution >= 4 is 23.5 Å². The molecular weight excluding hydrogens is 346 g/mol. The minimum atomic E-state index is -0.206. The highest BCUT2D eigenvalue weighted by atomic mass is 16.5. The molecule has 0 saturated carbocycles. The predicted molar refractivity (Wildman–Crippen MR) is 102 cm³/mol. The summed E-state index contributed by atoms with van der Waals surface area (Å²) in [7, 11) is 3.05. The highest BCUT2D eigenvalue weighted by Crippen LogP contribution is 2.19. The van der Waals surface area contributed by atoms with Gasteiger partial charge in [-0.3, -0.25) is 14.4 Å². The Hall–Kier alpha value is -2.41. The number of benzene rings is 1. The van der Waals surface area contributed by atoms with E-state index in [-0.39, 0.29) is 30.2 Å². The number of carbonyl (C=O) groups excluding carboxylic acids is 3. The summed E-state index contributed by atoms with van der Waals surface area (Å²) in [4.78, 5) is 38.9. The van der Waals surface area contributed by atoms with E-state index in [0.717, 1.165) is 47.6 Å². The molecule has 0 spiro atoms. The number of carbonyl (C=O) groups is 3. The number of hydrogen-bond donors (Lipinski definition) is 2. The molecule has 2 rings (SSSR count). The largest absolute Gasteiger partial charge is 0.469 e. The molecule has 1 aromatic carbocycles. The Balaban J connectivity index is 1.80. The van der Waals surface area contributed by atoms with Crippen molar-refractivity contribution in [3.8, 4) is 0 Å². The van der Waals surface area contributed by atoms with Crippen LogP contribution in [0.5, 0.6) is 0 Å².